The average molecular weight is 259 g/mol. The van der Waals surface area contributed by atoms with E-state index in [0.29, 0.717) is 6.54 Å². The lowest BCUT2D eigenvalue weighted by atomic mass is 9.94. The zero-order valence-corrected chi connectivity index (χ0v) is 10.6. The zero-order chi connectivity index (χ0) is 12.5. The van der Waals surface area contributed by atoms with Gasteiger partial charge >= 0.3 is 0 Å². The summed E-state index contributed by atoms with van der Waals surface area (Å²) in [5.41, 5.74) is 0. The molecular formula is C10H17N3O3S. The summed E-state index contributed by atoms with van der Waals surface area (Å²) in [7, 11) is -1.81. The Morgan fingerprint density at radius 1 is 1.59 bits per heavy atom. The van der Waals surface area contributed by atoms with Gasteiger partial charge in [-0.2, -0.15) is 9.40 Å². The molecule has 2 rings (SSSR count). The van der Waals surface area contributed by atoms with Crippen molar-refractivity contribution in [2.24, 2.45) is 0 Å². The maximum atomic E-state index is 12.2. The number of sulfonamides is 1. The minimum Gasteiger partial charge on any atom is -0.394 e. The number of aliphatic hydroxyl groups is 1. The van der Waals surface area contributed by atoms with E-state index in [0.717, 1.165) is 19.3 Å². The molecule has 0 amide bonds. The van der Waals surface area contributed by atoms with Crippen molar-refractivity contribution < 1.29 is 13.5 Å². The molecule has 1 N–H and O–H groups in total. The highest BCUT2D eigenvalue weighted by Gasteiger charge is 2.32. The molecule has 1 fully saturated rings. The van der Waals surface area contributed by atoms with Crippen molar-refractivity contribution in [3.05, 3.63) is 12.4 Å². The van der Waals surface area contributed by atoms with Gasteiger partial charge in [0.25, 0.3) is 0 Å². The Kier molecular flexibility index (Phi) is 3.50. The van der Waals surface area contributed by atoms with Gasteiger partial charge in [-0.05, 0) is 12.8 Å². The molecule has 1 heterocycles. The van der Waals surface area contributed by atoms with E-state index >= 15 is 0 Å². The summed E-state index contributed by atoms with van der Waals surface area (Å²) in [6, 6.07) is 0.126. The first kappa shape index (κ1) is 12.5. The molecule has 1 saturated carbocycles. The second-order valence-corrected chi connectivity index (χ2v) is 6.27. The van der Waals surface area contributed by atoms with Gasteiger partial charge in [0.15, 0.2) is 0 Å². The average Bonchev–Trinajstić information content (AvgIpc) is 2.64. The normalized spacial score (nSPS) is 17.4. The Morgan fingerprint density at radius 2 is 2.29 bits per heavy atom. The summed E-state index contributed by atoms with van der Waals surface area (Å²) in [5, 5.41) is 12.7. The molecule has 0 aliphatic heterocycles. The van der Waals surface area contributed by atoms with Gasteiger partial charge in [-0.1, -0.05) is 6.42 Å². The third kappa shape index (κ3) is 2.36. The molecule has 1 aromatic rings. The molecule has 0 aromatic carbocycles. The Morgan fingerprint density at radius 3 is 2.82 bits per heavy atom. The molecule has 96 valence electrons. The molecule has 0 radical (unpaired) electrons. The van der Waals surface area contributed by atoms with E-state index in [1.54, 1.807) is 7.05 Å². The third-order valence-corrected chi connectivity index (χ3v) is 5.07. The second kappa shape index (κ2) is 4.75. The Bertz CT molecular complexity index is 479. The first-order valence-corrected chi connectivity index (χ1v) is 7.11. The van der Waals surface area contributed by atoms with E-state index in [9.17, 15) is 8.42 Å². The fourth-order valence-electron chi connectivity index (χ4n) is 1.82. The van der Waals surface area contributed by atoms with Crippen LogP contribution in [0.5, 0.6) is 0 Å². The number of hydrogen-bond acceptors (Lipinski definition) is 4. The van der Waals surface area contributed by atoms with Crippen LogP contribution in [-0.4, -0.2) is 47.3 Å². The standard InChI is InChI=1S/C10H17N3O3S/c1-12(9-3-2-4-9)17(15,16)10-7-11-13(8-10)5-6-14/h7-9,14H,2-6H2,1H3. The van der Waals surface area contributed by atoms with Crippen LogP contribution in [0.3, 0.4) is 0 Å². The molecule has 0 bridgehead atoms. The van der Waals surface area contributed by atoms with E-state index in [1.807, 2.05) is 0 Å². The molecule has 7 heteroatoms. The quantitative estimate of drug-likeness (QED) is 0.810. The van der Waals surface area contributed by atoms with Crippen LogP contribution in [0.25, 0.3) is 0 Å². The molecule has 6 nitrogen and oxygen atoms in total. The van der Waals surface area contributed by atoms with Crippen molar-refractivity contribution in [1.82, 2.24) is 14.1 Å². The van der Waals surface area contributed by atoms with Gasteiger partial charge in [-0.25, -0.2) is 8.42 Å². The molecule has 1 aliphatic rings. The van der Waals surface area contributed by atoms with Crippen LogP contribution >= 0.6 is 0 Å². The van der Waals surface area contributed by atoms with Crippen molar-refractivity contribution in [2.75, 3.05) is 13.7 Å². The minimum absolute atomic E-state index is 0.0559. The van der Waals surface area contributed by atoms with Crippen molar-refractivity contribution in [3.63, 3.8) is 0 Å². The summed E-state index contributed by atoms with van der Waals surface area (Å²) in [6.07, 6.45) is 5.75. The third-order valence-electron chi connectivity index (χ3n) is 3.20. The summed E-state index contributed by atoms with van der Waals surface area (Å²) >= 11 is 0. The highest BCUT2D eigenvalue weighted by molar-refractivity contribution is 7.89. The molecule has 1 aliphatic carbocycles. The molecule has 0 saturated heterocycles. The van der Waals surface area contributed by atoms with E-state index in [-0.39, 0.29) is 17.5 Å². The van der Waals surface area contributed by atoms with E-state index in [2.05, 4.69) is 5.10 Å². The molecule has 17 heavy (non-hydrogen) atoms. The lowest BCUT2D eigenvalue weighted by molar-refractivity contribution is 0.249. The van der Waals surface area contributed by atoms with Gasteiger partial charge in [0.05, 0.1) is 19.3 Å². The smallest absolute Gasteiger partial charge is 0.246 e. The number of hydrogen-bond donors (Lipinski definition) is 1. The predicted molar refractivity (Wildman–Crippen MR) is 61.9 cm³/mol. The van der Waals surface area contributed by atoms with Crippen molar-refractivity contribution in [1.29, 1.82) is 0 Å². The molecule has 0 atom stereocenters. The number of aliphatic hydroxyl groups excluding tert-OH is 1. The van der Waals surface area contributed by atoms with Crippen molar-refractivity contribution >= 4 is 10.0 Å². The molecule has 1 aromatic heterocycles. The summed E-state index contributed by atoms with van der Waals surface area (Å²) in [4.78, 5) is 0.195. The highest BCUT2D eigenvalue weighted by atomic mass is 32.2. The number of nitrogens with zero attached hydrogens (tertiary/aromatic N) is 3. The van der Waals surface area contributed by atoms with E-state index in [4.69, 9.17) is 5.11 Å². The first-order chi connectivity index (χ1) is 8.05. The molecule has 0 spiro atoms. The van der Waals surface area contributed by atoms with Crippen LogP contribution in [-0.2, 0) is 16.6 Å². The number of aromatic nitrogens is 2. The monoisotopic (exact) mass is 259 g/mol. The Hall–Kier alpha value is -0.920. The van der Waals surface area contributed by atoms with Gasteiger partial charge < -0.3 is 5.11 Å². The van der Waals surface area contributed by atoms with Crippen molar-refractivity contribution in [2.45, 2.75) is 36.7 Å². The van der Waals surface area contributed by atoms with Gasteiger partial charge in [-0.15, -0.1) is 0 Å². The van der Waals surface area contributed by atoms with Gasteiger partial charge in [-0.3, -0.25) is 4.68 Å². The van der Waals surface area contributed by atoms with Gasteiger partial charge in [0, 0.05) is 19.3 Å². The summed E-state index contributed by atoms with van der Waals surface area (Å²) in [5.74, 6) is 0. The maximum Gasteiger partial charge on any atom is 0.246 e. The van der Waals surface area contributed by atoms with Crippen LogP contribution in [0.15, 0.2) is 17.3 Å². The van der Waals surface area contributed by atoms with Crippen LogP contribution < -0.4 is 0 Å². The SMILES string of the molecule is CN(C1CCC1)S(=O)(=O)c1cnn(CCO)c1. The summed E-state index contributed by atoms with van der Waals surface area (Å²) in [6.45, 7) is 0.252. The van der Waals surface area contributed by atoms with Crippen LogP contribution in [0.4, 0.5) is 0 Å². The van der Waals surface area contributed by atoms with Gasteiger partial charge in [0.1, 0.15) is 4.90 Å². The first-order valence-electron chi connectivity index (χ1n) is 5.67. The van der Waals surface area contributed by atoms with Crippen LogP contribution in [0.1, 0.15) is 19.3 Å². The lowest BCUT2D eigenvalue weighted by Crippen LogP contribution is -2.41. The maximum absolute atomic E-state index is 12.2. The molecular weight excluding hydrogens is 242 g/mol. The van der Waals surface area contributed by atoms with Crippen molar-refractivity contribution in [3.8, 4) is 0 Å². The van der Waals surface area contributed by atoms with Gasteiger partial charge in [0.2, 0.25) is 10.0 Å². The number of rotatable bonds is 5. The van der Waals surface area contributed by atoms with E-state index in [1.165, 1.54) is 21.4 Å². The van der Waals surface area contributed by atoms with Crippen LogP contribution in [0, 0.1) is 0 Å². The lowest BCUT2D eigenvalue weighted by Gasteiger charge is -2.33. The zero-order valence-electron chi connectivity index (χ0n) is 9.78. The fourth-order valence-corrected chi connectivity index (χ4v) is 3.19. The highest BCUT2D eigenvalue weighted by Crippen LogP contribution is 2.28. The minimum atomic E-state index is -3.43. The second-order valence-electron chi connectivity index (χ2n) is 4.27. The topological polar surface area (TPSA) is 75.4 Å². The Labute approximate surface area is 101 Å². The molecule has 0 unspecified atom stereocenters. The Balaban J connectivity index is 2.18. The fraction of sp³-hybridized carbons (Fsp3) is 0.700. The predicted octanol–water partition coefficient (Wildman–Crippen LogP) is 0.0484. The van der Waals surface area contributed by atoms with Crippen LogP contribution in [0.2, 0.25) is 0 Å². The summed E-state index contributed by atoms with van der Waals surface area (Å²) < 4.78 is 27.2. The largest absolute Gasteiger partial charge is 0.394 e. The van der Waals surface area contributed by atoms with E-state index < -0.39 is 10.0 Å².